The second-order valence-electron chi connectivity index (χ2n) is 4.59. The number of hydrogen-bond acceptors (Lipinski definition) is 2. The normalized spacial score (nSPS) is 12.3. The van der Waals surface area contributed by atoms with Crippen molar-refractivity contribution >= 4 is 5.96 Å². The lowest BCUT2D eigenvalue weighted by molar-refractivity contribution is 0.0306. The lowest BCUT2D eigenvalue weighted by Gasteiger charge is -2.26. The van der Waals surface area contributed by atoms with Crippen LogP contribution in [0.5, 0.6) is 0 Å². The van der Waals surface area contributed by atoms with E-state index < -0.39 is 5.60 Å². The Morgan fingerprint density at radius 3 is 2.28 bits per heavy atom. The maximum Gasteiger partial charge on any atom is 0.191 e. The van der Waals surface area contributed by atoms with E-state index in [1.165, 1.54) is 0 Å². The standard InChI is InChI=1S/C14H29N3O/c1-5-9-14(18,10-6-2)12-17-13(15-8-4)16-11-7-3/h7,18H,3,5-6,8-12H2,1-2,4H3,(H2,15,16,17). The van der Waals surface area contributed by atoms with Gasteiger partial charge in [0, 0.05) is 13.1 Å². The Balaban J connectivity index is 4.50. The molecule has 0 saturated carbocycles. The third-order valence-corrected chi connectivity index (χ3v) is 2.72. The van der Waals surface area contributed by atoms with Gasteiger partial charge in [-0.25, -0.2) is 0 Å². The van der Waals surface area contributed by atoms with E-state index in [1.807, 2.05) is 6.92 Å². The molecular formula is C14H29N3O. The molecule has 0 heterocycles. The van der Waals surface area contributed by atoms with Crippen LogP contribution in [0.1, 0.15) is 46.5 Å². The molecule has 0 bridgehead atoms. The molecule has 4 heteroatoms. The number of nitrogens with zero attached hydrogens (tertiary/aromatic N) is 1. The van der Waals surface area contributed by atoms with E-state index >= 15 is 0 Å². The van der Waals surface area contributed by atoms with Gasteiger partial charge in [-0.15, -0.1) is 6.58 Å². The van der Waals surface area contributed by atoms with Gasteiger partial charge in [-0.05, 0) is 19.8 Å². The van der Waals surface area contributed by atoms with Crippen LogP contribution in [0.2, 0.25) is 0 Å². The number of aliphatic imine (C=N–C) groups is 1. The van der Waals surface area contributed by atoms with Crippen molar-refractivity contribution in [3.63, 3.8) is 0 Å². The van der Waals surface area contributed by atoms with Crippen molar-refractivity contribution in [2.24, 2.45) is 4.99 Å². The molecule has 0 aromatic heterocycles. The van der Waals surface area contributed by atoms with E-state index in [1.54, 1.807) is 6.08 Å². The Labute approximate surface area is 112 Å². The quantitative estimate of drug-likeness (QED) is 0.336. The predicted molar refractivity (Wildman–Crippen MR) is 78.9 cm³/mol. The summed E-state index contributed by atoms with van der Waals surface area (Å²) >= 11 is 0. The lowest BCUT2D eigenvalue weighted by atomic mass is 9.93. The first-order chi connectivity index (χ1) is 8.61. The maximum absolute atomic E-state index is 10.5. The summed E-state index contributed by atoms with van der Waals surface area (Å²) in [4.78, 5) is 4.46. The minimum Gasteiger partial charge on any atom is -0.388 e. The molecule has 0 unspecified atom stereocenters. The van der Waals surface area contributed by atoms with Crippen molar-refractivity contribution in [3.8, 4) is 0 Å². The van der Waals surface area contributed by atoms with Gasteiger partial charge in [-0.2, -0.15) is 0 Å². The van der Waals surface area contributed by atoms with E-state index in [2.05, 4.69) is 36.1 Å². The Bertz CT molecular complexity index is 245. The fourth-order valence-electron chi connectivity index (χ4n) is 1.95. The fraction of sp³-hybridized carbons (Fsp3) is 0.786. The summed E-state index contributed by atoms with van der Waals surface area (Å²) in [6, 6.07) is 0. The molecule has 0 rings (SSSR count). The summed E-state index contributed by atoms with van der Waals surface area (Å²) in [5.41, 5.74) is -0.667. The van der Waals surface area contributed by atoms with Gasteiger partial charge in [0.25, 0.3) is 0 Å². The Hall–Kier alpha value is -1.03. The topological polar surface area (TPSA) is 56.7 Å². The summed E-state index contributed by atoms with van der Waals surface area (Å²) in [6.07, 6.45) is 5.33. The first-order valence-electron chi connectivity index (χ1n) is 6.97. The van der Waals surface area contributed by atoms with Crippen molar-refractivity contribution in [3.05, 3.63) is 12.7 Å². The molecule has 3 N–H and O–H groups in total. The van der Waals surface area contributed by atoms with Crippen molar-refractivity contribution in [1.82, 2.24) is 10.6 Å². The zero-order chi connectivity index (χ0) is 13.9. The van der Waals surface area contributed by atoms with Gasteiger partial charge >= 0.3 is 0 Å². The third-order valence-electron chi connectivity index (χ3n) is 2.72. The van der Waals surface area contributed by atoms with Crippen LogP contribution in [0.4, 0.5) is 0 Å². The van der Waals surface area contributed by atoms with Crippen molar-refractivity contribution < 1.29 is 5.11 Å². The molecule has 0 radical (unpaired) electrons. The Morgan fingerprint density at radius 2 is 1.83 bits per heavy atom. The van der Waals surface area contributed by atoms with Gasteiger partial charge in [0.05, 0.1) is 12.1 Å². The van der Waals surface area contributed by atoms with Crippen LogP contribution in [0.15, 0.2) is 17.6 Å². The number of aliphatic hydroxyl groups is 1. The molecule has 4 nitrogen and oxygen atoms in total. The van der Waals surface area contributed by atoms with Crippen LogP contribution < -0.4 is 10.6 Å². The minimum atomic E-state index is -0.667. The van der Waals surface area contributed by atoms with Crippen LogP contribution >= 0.6 is 0 Å². The molecule has 0 saturated heterocycles. The van der Waals surface area contributed by atoms with Crippen molar-refractivity contribution in [2.45, 2.75) is 52.1 Å². The van der Waals surface area contributed by atoms with E-state index in [0.717, 1.165) is 38.2 Å². The SMILES string of the molecule is C=CCNC(=NCC(O)(CCC)CCC)NCC. The van der Waals surface area contributed by atoms with Crippen LogP contribution in [-0.4, -0.2) is 36.3 Å². The molecule has 0 aliphatic heterocycles. The summed E-state index contributed by atoms with van der Waals surface area (Å²) in [7, 11) is 0. The summed E-state index contributed by atoms with van der Waals surface area (Å²) < 4.78 is 0. The molecule has 0 aliphatic rings. The van der Waals surface area contributed by atoms with E-state index in [-0.39, 0.29) is 0 Å². The molecule has 0 aromatic rings. The van der Waals surface area contributed by atoms with Gasteiger partial charge in [0.15, 0.2) is 5.96 Å². The van der Waals surface area contributed by atoms with E-state index in [0.29, 0.717) is 13.1 Å². The summed E-state index contributed by atoms with van der Waals surface area (Å²) in [5, 5.41) is 16.8. The first kappa shape index (κ1) is 17.0. The average Bonchev–Trinajstić information content (AvgIpc) is 2.33. The van der Waals surface area contributed by atoms with Gasteiger partial charge in [-0.1, -0.05) is 32.8 Å². The van der Waals surface area contributed by atoms with Crippen molar-refractivity contribution in [2.75, 3.05) is 19.6 Å². The van der Waals surface area contributed by atoms with E-state index in [9.17, 15) is 5.11 Å². The van der Waals surface area contributed by atoms with Crippen LogP contribution in [0.25, 0.3) is 0 Å². The number of guanidine groups is 1. The molecule has 18 heavy (non-hydrogen) atoms. The van der Waals surface area contributed by atoms with Crippen LogP contribution in [0, 0.1) is 0 Å². The van der Waals surface area contributed by atoms with Crippen LogP contribution in [-0.2, 0) is 0 Å². The molecule has 0 aliphatic carbocycles. The largest absolute Gasteiger partial charge is 0.388 e. The highest BCUT2D eigenvalue weighted by atomic mass is 16.3. The monoisotopic (exact) mass is 255 g/mol. The van der Waals surface area contributed by atoms with Gasteiger partial charge < -0.3 is 15.7 Å². The molecule has 0 spiro atoms. The molecule has 106 valence electrons. The maximum atomic E-state index is 10.5. The van der Waals surface area contributed by atoms with Crippen LogP contribution in [0.3, 0.4) is 0 Å². The molecular weight excluding hydrogens is 226 g/mol. The fourth-order valence-corrected chi connectivity index (χ4v) is 1.95. The molecule has 0 amide bonds. The predicted octanol–water partition coefficient (Wildman–Crippen LogP) is 2.06. The Kier molecular flexibility index (Phi) is 9.38. The number of nitrogens with one attached hydrogen (secondary N) is 2. The lowest BCUT2D eigenvalue weighted by Crippen LogP contribution is -2.40. The highest BCUT2D eigenvalue weighted by Gasteiger charge is 2.24. The van der Waals surface area contributed by atoms with E-state index in [4.69, 9.17) is 0 Å². The molecule has 0 atom stereocenters. The average molecular weight is 255 g/mol. The second kappa shape index (κ2) is 9.95. The van der Waals surface area contributed by atoms with Gasteiger partial charge in [0.2, 0.25) is 0 Å². The second-order valence-corrected chi connectivity index (χ2v) is 4.59. The third kappa shape index (κ3) is 7.33. The zero-order valence-electron chi connectivity index (χ0n) is 12.1. The number of hydrogen-bond donors (Lipinski definition) is 3. The Morgan fingerprint density at radius 1 is 1.22 bits per heavy atom. The number of rotatable bonds is 9. The zero-order valence-corrected chi connectivity index (χ0v) is 12.1. The highest BCUT2D eigenvalue weighted by Crippen LogP contribution is 2.19. The van der Waals surface area contributed by atoms with Gasteiger partial charge in [0.1, 0.15) is 0 Å². The molecule has 0 aromatic carbocycles. The highest BCUT2D eigenvalue weighted by molar-refractivity contribution is 5.79. The molecule has 0 fully saturated rings. The minimum absolute atomic E-state index is 0.446. The summed E-state index contributed by atoms with van der Waals surface area (Å²) in [5.74, 6) is 0.739. The first-order valence-corrected chi connectivity index (χ1v) is 6.97. The van der Waals surface area contributed by atoms with Gasteiger partial charge in [-0.3, -0.25) is 4.99 Å². The summed E-state index contributed by atoms with van der Waals surface area (Å²) in [6.45, 7) is 11.8. The van der Waals surface area contributed by atoms with Crippen molar-refractivity contribution in [1.29, 1.82) is 0 Å². The smallest absolute Gasteiger partial charge is 0.191 e.